The molecule has 55 heavy (non-hydrogen) atoms. The monoisotopic (exact) mass is 747 g/mol. The highest BCUT2D eigenvalue weighted by molar-refractivity contribution is 6.05. The molecule has 1 aromatic heterocycles. The van der Waals surface area contributed by atoms with Crippen molar-refractivity contribution in [2.24, 2.45) is 7.05 Å². The van der Waals surface area contributed by atoms with Gasteiger partial charge in [0, 0.05) is 69.1 Å². The van der Waals surface area contributed by atoms with E-state index in [2.05, 4.69) is 31.4 Å². The van der Waals surface area contributed by atoms with Gasteiger partial charge in [-0.05, 0) is 97.3 Å². The molecule has 0 unspecified atom stereocenters. The van der Waals surface area contributed by atoms with Gasteiger partial charge in [0.05, 0.1) is 11.3 Å². The maximum Gasteiger partial charge on any atom is 0.410 e. The van der Waals surface area contributed by atoms with Crippen molar-refractivity contribution in [2.75, 3.05) is 36.8 Å². The Morgan fingerprint density at radius 1 is 0.800 bits per heavy atom. The highest BCUT2D eigenvalue weighted by Gasteiger charge is 2.29. The number of hydrogen-bond acceptors (Lipinski definition) is 6. The standard InChI is InChI=1S/C44H53N5O6/c1-10-38(50)45-37-25-29(14-19-35(37)41(53)48-20-22-49(23-21-48)42(54)55-44(6,7)8)24-31-26-32(27-47(9)40(31)52)34-12-11-13-36(28(34)2)46-39(51)30-15-17-33(18-16-30)43(3,4)5/h11-19,25-27H,10,20-24H2,1-9H3,(H,45,50)(H,46,51). The molecule has 11 nitrogen and oxygen atoms in total. The molecule has 0 radical (unpaired) electrons. The van der Waals surface area contributed by atoms with Gasteiger partial charge in [0.15, 0.2) is 0 Å². The van der Waals surface area contributed by atoms with Gasteiger partial charge in [-0.2, -0.15) is 0 Å². The van der Waals surface area contributed by atoms with Crippen molar-refractivity contribution >= 4 is 35.2 Å². The molecule has 0 aliphatic carbocycles. The fourth-order valence-corrected chi connectivity index (χ4v) is 6.49. The van der Waals surface area contributed by atoms with Crippen LogP contribution in [0.25, 0.3) is 11.1 Å². The Hall–Kier alpha value is -5.71. The summed E-state index contributed by atoms with van der Waals surface area (Å²) >= 11 is 0. The van der Waals surface area contributed by atoms with Crippen LogP contribution in [0, 0.1) is 6.92 Å². The number of anilines is 2. The number of rotatable bonds is 8. The molecule has 0 atom stereocenters. The van der Waals surface area contributed by atoms with Crippen LogP contribution in [0.15, 0.2) is 77.7 Å². The minimum atomic E-state index is -0.618. The summed E-state index contributed by atoms with van der Waals surface area (Å²) in [5.74, 6) is -0.717. The van der Waals surface area contributed by atoms with Crippen LogP contribution in [0.5, 0.6) is 0 Å². The number of piperazine rings is 1. The zero-order valence-corrected chi connectivity index (χ0v) is 33.5. The molecule has 1 aliphatic heterocycles. The number of aromatic nitrogens is 1. The smallest absolute Gasteiger partial charge is 0.410 e. The van der Waals surface area contributed by atoms with Crippen LogP contribution >= 0.6 is 0 Å². The van der Waals surface area contributed by atoms with Crippen molar-refractivity contribution < 1.29 is 23.9 Å². The van der Waals surface area contributed by atoms with Gasteiger partial charge < -0.3 is 29.7 Å². The van der Waals surface area contributed by atoms with Crippen LogP contribution in [-0.4, -0.2) is 70.0 Å². The Morgan fingerprint density at radius 2 is 1.45 bits per heavy atom. The first-order valence-corrected chi connectivity index (χ1v) is 18.8. The second-order valence-corrected chi connectivity index (χ2v) is 16.1. The molecule has 0 bridgehead atoms. The van der Waals surface area contributed by atoms with Gasteiger partial charge in [-0.25, -0.2) is 4.79 Å². The van der Waals surface area contributed by atoms with Crippen LogP contribution in [0.4, 0.5) is 16.2 Å². The first-order chi connectivity index (χ1) is 25.8. The first-order valence-electron chi connectivity index (χ1n) is 18.8. The Kier molecular flexibility index (Phi) is 12.0. The number of pyridine rings is 1. The molecule has 5 rings (SSSR count). The van der Waals surface area contributed by atoms with Crippen molar-refractivity contribution in [3.8, 4) is 11.1 Å². The summed E-state index contributed by atoms with van der Waals surface area (Å²) in [7, 11) is 1.70. The average Bonchev–Trinajstić information content (AvgIpc) is 3.13. The quantitative estimate of drug-likeness (QED) is 0.192. The molecule has 11 heteroatoms. The van der Waals surface area contributed by atoms with Gasteiger partial charge >= 0.3 is 6.09 Å². The summed E-state index contributed by atoms with van der Waals surface area (Å²) in [4.78, 5) is 69.0. The Morgan fingerprint density at radius 3 is 2.07 bits per heavy atom. The summed E-state index contributed by atoms with van der Waals surface area (Å²) < 4.78 is 7.03. The number of nitrogens with one attached hydrogen (secondary N) is 2. The van der Waals surface area contributed by atoms with Crippen molar-refractivity contribution in [1.82, 2.24) is 14.4 Å². The number of benzene rings is 3. The molecule has 2 heterocycles. The third-order valence-electron chi connectivity index (χ3n) is 9.69. The molecule has 2 N–H and O–H groups in total. The molecular weight excluding hydrogens is 695 g/mol. The van der Waals surface area contributed by atoms with E-state index in [4.69, 9.17) is 4.74 Å². The lowest BCUT2D eigenvalue weighted by Crippen LogP contribution is -2.51. The summed E-state index contributed by atoms with van der Waals surface area (Å²) in [6.45, 7) is 16.8. The Balaban J connectivity index is 1.37. The molecule has 4 aromatic rings. The average molecular weight is 748 g/mol. The third-order valence-corrected chi connectivity index (χ3v) is 9.69. The summed E-state index contributed by atoms with van der Waals surface area (Å²) in [6.07, 6.45) is 1.83. The number of carbonyl (C=O) groups is 4. The Labute approximate surface area is 323 Å². The highest BCUT2D eigenvalue weighted by atomic mass is 16.6. The second-order valence-electron chi connectivity index (χ2n) is 16.1. The van der Waals surface area contributed by atoms with Gasteiger partial charge in [-0.15, -0.1) is 0 Å². The van der Waals surface area contributed by atoms with Crippen molar-refractivity contribution in [1.29, 1.82) is 0 Å². The molecule has 1 saturated heterocycles. The number of ether oxygens (including phenoxy) is 1. The maximum absolute atomic E-state index is 13.8. The topological polar surface area (TPSA) is 130 Å². The number of hydrogen-bond donors (Lipinski definition) is 2. The van der Waals surface area contributed by atoms with Gasteiger partial charge in [-0.1, -0.05) is 58.0 Å². The van der Waals surface area contributed by atoms with Gasteiger partial charge in [0.25, 0.3) is 17.4 Å². The molecule has 1 aliphatic rings. The van der Waals surface area contributed by atoms with E-state index in [-0.39, 0.29) is 41.5 Å². The van der Waals surface area contributed by atoms with E-state index in [0.717, 1.165) is 27.8 Å². The Bertz CT molecular complexity index is 2150. The SMILES string of the molecule is CCC(=O)Nc1cc(Cc2cc(-c3cccc(NC(=O)c4ccc(C(C)(C)C)cc4)c3C)cn(C)c2=O)ccc1C(=O)N1CCN(C(=O)OC(C)(C)C)CC1. The van der Waals surface area contributed by atoms with Gasteiger partial charge in [0.1, 0.15) is 5.60 Å². The largest absolute Gasteiger partial charge is 0.444 e. The number of aryl methyl sites for hydroxylation is 1. The lowest BCUT2D eigenvalue weighted by molar-refractivity contribution is -0.115. The van der Waals surface area contributed by atoms with E-state index in [1.165, 1.54) is 0 Å². The zero-order chi connectivity index (χ0) is 40.2. The first kappa shape index (κ1) is 40.5. The molecule has 1 fully saturated rings. The molecule has 3 aromatic carbocycles. The van der Waals surface area contributed by atoms with Crippen molar-refractivity contribution in [3.05, 3.63) is 117 Å². The van der Waals surface area contributed by atoms with Crippen molar-refractivity contribution in [2.45, 2.75) is 79.2 Å². The van der Waals surface area contributed by atoms with Crippen LogP contribution in [0.3, 0.4) is 0 Å². The summed E-state index contributed by atoms with van der Waals surface area (Å²) in [6, 6.07) is 20.4. The molecule has 0 saturated carbocycles. The van der Waals surface area contributed by atoms with E-state index in [1.807, 2.05) is 76.2 Å². The van der Waals surface area contributed by atoms with Crippen LogP contribution < -0.4 is 16.2 Å². The normalized spacial score (nSPS) is 13.3. The molecular formula is C44H53N5O6. The number of amides is 4. The zero-order valence-electron chi connectivity index (χ0n) is 33.5. The molecule has 4 amide bonds. The third kappa shape index (κ3) is 9.89. The number of nitrogens with zero attached hydrogens (tertiary/aromatic N) is 3. The maximum atomic E-state index is 13.8. The van der Waals surface area contributed by atoms with E-state index in [0.29, 0.717) is 54.2 Å². The summed E-state index contributed by atoms with van der Waals surface area (Å²) in [5.41, 5.74) is 6.04. The second kappa shape index (κ2) is 16.3. The molecule has 290 valence electrons. The van der Waals surface area contributed by atoms with E-state index < -0.39 is 11.7 Å². The minimum Gasteiger partial charge on any atom is -0.444 e. The lowest BCUT2D eigenvalue weighted by Gasteiger charge is -2.35. The fraction of sp³-hybridized carbons (Fsp3) is 0.386. The number of carbonyl (C=O) groups excluding carboxylic acids is 4. The predicted octanol–water partition coefficient (Wildman–Crippen LogP) is 7.54. The van der Waals surface area contributed by atoms with Crippen LogP contribution in [0.2, 0.25) is 0 Å². The van der Waals surface area contributed by atoms with E-state index in [9.17, 15) is 24.0 Å². The highest BCUT2D eigenvalue weighted by Crippen LogP contribution is 2.30. The van der Waals surface area contributed by atoms with Gasteiger partial charge in [0.2, 0.25) is 5.91 Å². The lowest BCUT2D eigenvalue weighted by atomic mass is 9.86. The fourth-order valence-electron chi connectivity index (χ4n) is 6.49. The van der Waals surface area contributed by atoms with E-state index in [1.54, 1.807) is 52.7 Å². The van der Waals surface area contributed by atoms with Crippen LogP contribution in [-0.2, 0) is 28.4 Å². The van der Waals surface area contributed by atoms with E-state index >= 15 is 0 Å². The van der Waals surface area contributed by atoms with Gasteiger partial charge in [-0.3, -0.25) is 19.2 Å². The predicted molar refractivity (Wildman–Crippen MR) is 217 cm³/mol. The minimum absolute atomic E-state index is 0.0204. The van der Waals surface area contributed by atoms with Crippen LogP contribution in [0.1, 0.15) is 97.9 Å². The molecule has 0 spiro atoms. The summed E-state index contributed by atoms with van der Waals surface area (Å²) in [5, 5.41) is 5.94. The van der Waals surface area contributed by atoms with Crippen molar-refractivity contribution in [3.63, 3.8) is 0 Å².